The highest BCUT2D eigenvalue weighted by Gasteiger charge is 2.16. The van der Waals surface area contributed by atoms with Crippen molar-refractivity contribution >= 4 is 0 Å². The van der Waals surface area contributed by atoms with E-state index in [1.165, 1.54) is 5.70 Å². The van der Waals surface area contributed by atoms with Gasteiger partial charge < -0.3 is 10.6 Å². The quantitative estimate of drug-likeness (QED) is 0.628. The lowest BCUT2D eigenvalue weighted by atomic mass is 9.96. The molecule has 13 heavy (non-hydrogen) atoms. The third kappa shape index (κ3) is 2.22. The van der Waals surface area contributed by atoms with E-state index in [2.05, 4.69) is 29.2 Å². The summed E-state index contributed by atoms with van der Waals surface area (Å²) in [6, 6.07) is 0. The van der Waals surface area contributed by atoms with Crippen LogP contribution in [0.3, 0.4) is 0 Å². The van der Waals surface area contributed by atoms with E-state index >= 15 is 0 Å². The number of piperidine rings is 1. The number of allylic oxidation sites excluding steroid dienone is 4. The number of rotatable bonds is 1. The molecular formula is C11H15N2. The predicted octanol–water partition coefficient (Wildman–Crippen LogP) is 1.36. The fraction of sp³-hybridized carbons (Fsp3) is 0.364. The molecule has 0 spiro atoms. The van der Waals surface area contributed by atoms with Gasteiger partial charge in [-0.1, -0.05) is 12.2 Å². The number of hydrogen-bond acceptors (Lipinski definition) is 2. The third-order valence-electron chi connectivity index (χ3n) is 2.38. The predicted molar refractivity (Wildman–Crippen MR) is 54.8 cm³/mol. The van der Waals surface area contributed by atoms with Crippen molar-refractivity contribution in [3.63, 3.8) is 0 Å². The van der Waals surface area contributed by atoms with Gasteiger partial charge in [0.05, 0.1) is 0 Å². The SMILES string of the molecule is [CH]1CCNCC1C1=CC=CC=CN1. The Morgan fingerprint density at radius 1 is 1.23 bits per heavy atom. The van der Waals surface area contributed by atoms with Gasteiger partial charge >= 0.3 is 0 Å². The van der Waals surface area contributed by atoms with Crippen LogP contribution in [0.1, 0.15) is 6.42 Å². The van der Waals surface area contributed by atoms with Gasteiger partial charge in [-0.05, 0) is 31.5 Å². The second kappa shape index (κ2) is 4.28. The van der Waals surface area contributed by atoms with E-state index in [-0.39, 0.29) is 0 Å². The van der Waals surface area contributed by atoms with Crippen molar-refractivity contribution in [1.82, 2.24) is 10.6 Å². The lowest BCUT2D eigenvalue weighted by molar-refractivity contribution is 0.499. The minimum Gasteiger partial charge on any atom is -0.365 e. The normalized spacial score (nSPS) is 27.7. The van der Waals surface area contributed by atoms with Crippen LogP contribution in [0.2, 0.25) is 0 Å². The van der Waals surface area contributed by atoms with Gasteiger partial charge in [0.15, 0.2) is 0 Å². The highest BCUT2D eigenvalue weighted by Crippen LogP contribution is 2.17. The smallest absolute Gasteiger partial charge is 0.0193 e. The minimum atomic E-state index is 0.543. The summed E-state index contributed by atoms with van der Waals surface area (Å²) < 4.78 is 0. The Balaban J connectivity index is 2.01. The highest BCUT2D eigenvalue weighted by molar-refractivity contribution is 5.24. The first kappa shape index (κ1) is 8.57. The first-order valence-corrected chi connectivity index (χ1v) is 4.81. The Morgan fingerprint density at radius 2 is 2.23 bits per heavy atom. The Hall–Kier alpha value is -1.02. The van der Waals surface area contributed by atoms with Crippen molar-refractivity contribution in [1.29, 1.82) is 0 Å². The molecule has 0 aliphatic carbocycles. The molecule has 2 heteroatoms. The molecular weight excluding hydrogens is 160 g/mol. The van der Waals surface area contributed by atoms with Crippen molar-refractivity contribution in [2.24, 2.45) is 5.92 Å². The fourth-order valence-electron chi connectivity index (χ4n) is 1.67. The van der Waals surface area contributed by atoms with Gasteiger partial charge in [-0.2, -0.15) is 0 Å². The molecule has 2 aliphatic heterocycles. The van der Waals surface area contributed by atoms with E-state index in [0.29, 0.717) is 5.92 Å². The van der Waals surface area contributed by atoms with Gasteiger partial charge in [0, 0.05) is 24.4 Å². The third-order valence-corrected chi connectivity index (χ3v) is 2.38. The molecule has 1 radical (unpaired) electrons. The Kier molecular flexibility index (Phi) is 2.82. The Labute approximate surface area is 79.4 Å². The highest BCUT2D eigenvalue weighted by atomic mass is 14.9. The summed E-state index contributed by atoms with van der Waals surface area (Å²) in [7, 11) is 0. The van der Waals surface area contributed by atoms with Crippen LogP contribution in [0.25, 0.3) is 0 Å². The topological polar surface area (TPSA) is 24.1 Å². The van der Waals surface area contributed by atoms with E-state index in [0.717, 1.165) is 19.5 Å². The lowest BCUT2D eigenvalue weighted by Crippen LogP contribution is -2.33. The molecule has 2 N–H and O–H groups in total. The molecule has 69 valence electrons. The molecule has 2 aliphatic rings. The van der Waals surface area contributed by atoms with Gasteiger partial charge in [0.25, 0.3) is 0 Å². The summed E-state index contributed by atoms with van der Waals surface area (Å²) in [6.07, 6.45) is 13.8. The molecule has 0 aromatic carbocycles. The summed E-state index contributed by atoms with van der Waals surface area (Å²) in [5.74, 6) is 0.543. The summed E-state index contributed by atoms with van der Waals surface area (Å²) >= 11 is 0. The Morgan fingerprint density at radius 3 is 3.08 bits per heavy atom. The van der Waals surface area contributed by atoms with Crippen LogP contribution < -0.4 is 10.6 Å². The maximum Gasteiger partial charge on any atom is 0.0193 e. The van der Waals surface area contributed by atoms with Crippen molar-refractivity contribution in [2.45, 2.75) is 6.42 Å². The molecule has 1 unspecified atom stereocenters. The van der Waals surface area contributed by atoms with Crippen LogP contribution in [-0.2, 0) is 0 Å². The monoisotopic (exact) mass is 175 g/mol. The van der Waals surface area contributed by atoms with Crippen LogP contribution in [0.15, 0.2) is 36.2 Å². The molecule has 0 saturated carbocycles. The van der Waals surface area contributed by atoms with Crippen molar-refractivity contribution in [3.05, 3.63) is 42.6 Å². The Bertz CT molecular complexity index is 245. The first-order valence-electron chi connectivity index (χ1n) is 4.81. The van der Waals surface area contributed by atoms with Crippen molar-refractivity contribution < 1.29 is 0 Å². The maximum atomic E-state index is 3.39. The van der Waals surface area contributed by atoms with E-state index in [9.17, 15) is 0 Å². The standard InChI is InChI=1S/C11H15N2/c1-2-6-11(13-8-3-1)10-5-4-7-12-9-10/h1-3,5-6,8,10,12-13H,4,7,9H2. The molecule has 1 fully saturated rings. The van der Waals surface area contributed by atoms with Crippen LogP contribution in [-0.4, -0.2) is 13.1 Å². The van der Waals surface area contributed by atoms with Crippen molar-refractivity contribution in [3.8, 4) is 0 Å². The van der Waals surface area contributed by atoms with E-state index in [1.54, 1.807) is 0 Å². The fourth-order valence-corrected chi connectivity index (χ4v) is 1.67. The van der Waals surface area contributed by atoms with Crippen molar-refractivity contribution in [2.75, 3.05) is 13.1 Å². The lowest BCUT2D eigenvalue weighted by Gasteiger charge is -2.24. The largest absolute Gasteiger partial charge is 0.365 e. The molecule has 1 saturated heterocycles. The van der Waals surface area contributed by atoms with E-state index in [1.807, 2.05) is 18.4 Å². The van der Waals surface area contributed by atoms with Crippen LogP contribution in [0.5, 0.6) is 0 Å². The molecule has 0 aromatic heterocycles. The van der Waals surface area contributed by atoms with Gasteiger partial charge in [0.1, 0.15) is 0 Å². The summed E-state index contributed by atoms with van der Waals surface area (Å²) in [6.45, 7) is 2.18. The number of nitrogens with one attached hydrogen (secondary N) is 2. The average Bonchev–Trinajstić information content (AvgIpc) is 2.47. The minimum absolute atomic E-state index is 0.543. The first-order chi connectivity index (χ1) is 6.47. The molecule has 2 rings (SSSR count). The summed E-state index contributed by atoms with van der Waals surface area (Å²) in [4.78, 5) is 0. The van der Waals surface area contributed by atoms with Gasteiger partial charge in [0.2, 0.25) is 0 Å². The van der Waals surface area contributed by atoms with Crippen LogP contribution in [0, 0.1) is 12.3 Å². The van der Waals surface area contributed by atoms with Crippen LogP contribution in [0.4, 0.5) is 0 Å². The second-order valence-electron chi connectivity index (χ2n) is 3.35. The number of hydrogen-bond donors (Lipinski definition) is 2. The average molecular weight is 175 g/mol. The summed E-state index contributed by atoms with van der Waals surface area (Å²) in [5.41, 5.74) is 1.29. The summed E-state index contributed by atoms with van der Waals surface area (Å²) in [5, 5.41) is 6.69. The molecule has 0 amide bonds. The van der Waals surface area contributed by atoms with E-state index in [4.69, 9.17) is 0 Å². The molecule has 2 heterocycles. The zero-order chi connectivity index (χ0) is 8.93. The maximum absolute atomic E-state index is 3.39. The van der Waals surface area contributed by atoms with Crippen LogP contribution >= 0.6 is 0 Å². The second-order valence-corrected chi connectivity index (χ2v) is 3.35. The van der Waals surface area contributed by atoms with Gasteiger partial charge in [-0.25, -0.2) is 0 Å². The molecule has 1 atom stereocenters. The zero-order valence-electron chi connectivity index (χ0n) is 7.66. The van der Waals surface area contributed by atoms with Gasteiger partial charge in [-0.15, -0.1) is 0 Å². The molecule has 0 bridgehead atoms. The zero-order valence-corrected chi connectivity index (χ0v) is 7.66. The molecule has 2 nitrogen and oxygen atoms in total. The van der Waals surface area contributed by atoms with E-state index < -0.39 is 0 Å². The van der Waals surface area contributed by atoms with Gasteiger partial charge in [-0.3, -0.25) is 0 Å². The molecule has 0 aromatic rings.